The second kappa shape index (κ2) is 8.60. The molecule has 0 atom stereocenters. The second-order valence-corrected chi connectivity index (χ2v) is 10.8. The highest BCUT2D eigenvalue weighted by Crippen LogP contribution is 2.42. The Kier molecular flexibility index (Phi) is 4.68. The molecule has 0 fully saturated rings. The zero-order valence-corrected chi connectivity index (χ0v) is 22.7. The average Bonchev–Trinajstić information content (AvgIpc) is 3.71. The molecule has 0 radical (unpaired) electrons. The molecule has 0 spiro atoms. The van der Waals surface area contributed by atoms with E-state index in [1.165, 1.54) is 10.8 Å². The Bertz CT molecular complexity index is 2620. The van der Waals surface area contributed by atoms with Gasteiger partial charge < -0.3 is 13.6 Å². The number of hydrogen-bond acceptors (Lipinski definition) is 3. The molecule has 0 aliphatic carbocycles. The molecular weight excluding hydrogens is 528 g/mol. The van der Waals surface area contributed by atoms with Crippen LogP contribution in [0.1, 0.15) is 11.1 Å². The highest BCUT2D eigenvalue weighted by Gasteiger charge is 2.23. The van der Waals surface area contributed by atoms with Crippen LogP contribution in [0.4, 0.5) is 0 Å². The molecule has 0 bridgehead atoms. The van der Waals surface area contributed by atoms with Gasteiger partial charge in [0.2, 0.25) is 0 Å². The van der Waals surface area contributed by atoms with Gasteiger partial charge in [-0.15, -0.1) is 0 Å². The molecule has 5 heteroatoms. The highest BCUT2D eigenvalue weighted by molar-refractivity contribution is 6.24. The van der Waals surface area contributed by atoms with Crippen LogP contribution in [0.3, 0.4) is 0 Å². The third-order valence-electron chi connectivity index (χ3n) is 8.60. The van der Waals surface area contributed by atoms with Gasteiger partial charge >= 0.3 is 0 Å². The van der Waals surface area contributed by atoms with E-state index in [-0.39, 0.29) is 0 Å². The summed E-state index contributed by atoms with van der Waals surface area (Å²) in [5.74, 6) is 0. The van der Waals surface area contributed by atoms with Crippen LogP contribution in [-0.2, 0) is 0 Å². The number of para-hydroxylation sites is 4. The number of fused-ring (bicyclic) bond motifs is 10. The lowest BCUT2D eigenvalue weighted by molar-refractivity contribution is 0.673. The largest absolute Gasteiger partial charge is 0.455 e. The molecule has 3 heterocycles. The first-order valence-corrected chi connectivity index (χ1v) is 14.1. The highest BCUT2D eigenvalue weighted by atomic mass is 16.3. The van der Waals surface area contributed by atoms with Crippen LogP contribution in [0.25, 0.3) is 76.9 Å². The van der Waals surface area contributed by atoms with Crippen molar-refractivity contribution in [3.8, 4) is 23.5 Å². The fourth-order valence-corrected chi connectivity index (χ4v) is 6.82. The first-order valence-electron chi connectivity index (χ1n) is 14.1. The van der Waals surface area contributed by atoms with E-state index in [2.05, 4.69) is 102 Å². The third-order valence-corrected chi connectivity index (χ3v) is 8.60. The first-order chi connectivity index (χ1) is 21.3. The number of furan rings is 1. The maximum Gasteiger partial charge on any atom is 0.145 e. The predicted octanol–water partition coefficient (Wildman–Crippen LogP) is 9.52. The summed E-state index contributed by atoms with van der Waals surface area (Å²) in [5, 5.41) is 26.6. The molecule has 0 N–H and O–H groups in total. The van der Waals surface area contributed by atoms with Crippen molar-refractivity contribution in [3.05, 3.63) is 132 Å². The van der Waals surface area contributed by atoms with Crippen molar-refractivity contribution >= 4 is 65.6 Å². The summed E-state index contributed by atoms with van der Waals surface area (Å²) in [6, 6.07) is 45.5. The molecule has 0 saturated heterocycles. The van der Waals surface area contributed by atoms with E-state index in [0.717, 1.165) is 60.5 Å². The minimum atomic E-state index is 0.439. The number of aromatic nitrogens is 2. The van der Waals surface area contributed by atoms with Gasteiger partial charge in [0.05, 0.1) is 44.3 Å². The van der Waals surface area contributed by atoms with E-state index in [4.69, 9.17) is 4.42 Å². The Labute approximate surface area is 245 Å². The van der Waals surface area contributed by atoms with E-state index in [0.29, 0.717) is 16.8 Å². The predicted molar refractivity (Wildman–Crippen MR) is 172 cm³/mol. The van der Waals surface area contributed by atoms with Crippen LogP contribution in [-0.4, -0.2) is 9.13 Å². The smallest absolute Gasteiger partial charge is 0.145 e. The van der Waals surface area contributed by atoms with Gasteiger partial charge in [0.25, 0.3) is 0 Å². The molecule has 9 rings (SSSR count). The van der Waals surface area contributed by atoms with E-state index >= 15 is 0 Å². The minimum Gasteiger partial charge on any atom is -0.455 e. The fraction of sp³-hybridized carbons (Fsp3) is 0. The second-order valence-electron chi connectivity index (χ2n) is 10.8. The summed E-state index contributed by atoms with van der Waals surface area (Å²) in [6.07, 6.45) is 0. The number of rotatable bonds is 2. The lowest BCUT2D eigenvalue weighted by Crippen LogP contribution is -2.01. The molecule has 0 saturated carbocycles. The third kappa shape index (κ3) is 3.08. The summed E-state index contributed by atoms with van der Waals surface area (Å²) < 4.78 is 10.9. The Morgan fingerprint density at radius 1 is 0.488 bits per heavy atom. The number of benzene rings is 6. The number of nitrogens with zero attached hydrogens (tertiary/aromatic N) is 4. The van der Waals surface area contributed by atoms with Crippen molar-refractivity contribution in [1.29, 1.82) is 10.5 Å². The normalized spacial score (nSPS) is 11.7. The molecular formula is C38H20N4O. The Morgan fingerprint density at radius 2 is 1.09 bits per heavy atom. The molecule has 0 aliphatic heterocycles. The Morgan fingerprint density at radius 3 is 1.79 bits per heavy atom. The van der Waals surface area contributed by atoms with Crippen molar-refractivity contribution in [2.24, 2.45) is 0 Å². The summed E-state index contributed by atoms with van der Waals surface area (Å²) in [6.45, 7) is 0. The molecule has 198 valence electrons. The van der Waals surface area contributed by atoms with Crippen LogP contribution in [0.2, 0.25) is 0 Å². The van der Waals surface area contributed by atoms with Gasteiger partial charge in [0.15, 0.2) is 0 Å². The summed E-state index contributed by atoms with van der Waals surface area (Å²) in [7, 11) is 0. The van der Waals surface area contributed by atoms with E-state index in [1.807, 2.05) is 22.8 Å². The molecule has 6 aromatic carbocycles. The molecule has 3 aromatic heterocycles. The van der Waals surface area contributed by atoms with Crippen LogP contribution in [0, 0.1) is 22.7 Å². The zero-order chi connectivity index (χ0) is 28.7. The van der Waals surface area contributed by atoms with Crippen molar-refractivity contribution in [2.75, 3.05) is 0 Å². The van der Waals surface area contributed by atoms with Crippen LogP contribution in [0.15, 0.2) is 126 Å². The van der Waals surface area contributed by atoms with Gasteiger partial charge in [-0.1, -0.05) is 60.7 Å². The summed E-state index contributed by atoms with van der Waals surface area (Å²) >= 11 is 0. The van der Waals surface area contributed by atoms with Crippen molar-refractivity contribution in [1.82, 2.24) is 9.13 Å². The fourth-order valence-electron chi connectivity index (χ4n) is 6.82. The number of nitriles is 2. The van der Waals surface area contributed by atoms with Crippen LogP contribution < -0.4 is 0 Å². The molecule has 0 aliphatic rings. The zero-order valence-electron chi connectivity index (χ0n) is 22.7. The topological polar surface area (TPSA) is 70.6 Å². The van der Waals surface area contributed by atoms with Gasteiger partial charge in [-0.3, -0.25) is 0 Å². The SMILES string of the molecule is N#Cc1cccc(C#N)c1-n1c2ccc(-n3c4ccccc4c4ccccc43)cc2c2c3oc4ccccc4c3ccc21. The molecule has 5 nitrogen and oxygen atoms in total. The molecule has 0 amide bonds. The molecule has 0 unspecified atom stereocenters. The average molecular weight is 549 g/mol. The lowest BCUT2D eigenvalue weighted by Gasteiger charge is -2.12. The first kappa shape index (κ1) is 23.4. The summed E-state index contributed by atoms with van der Waals surface area (Å²) in [4.78, 5) is 0. The van der Waals surface area contributed by atoms with E-state index < -0.39 is 0 Å². The maximum atomic E-state index is 10.1. The van der Waals surface area contributed by atoms with Crippen molar-refractivity contribution in [2.45, 2.75) is 0 Å². The van der Waals surface area contributed by atoms with E-state index in [1.54, 1.807) is 18.2 Å². The van der Waals surface area contributed by atoms with Crippen molar-refractivity contribution < 1.29 is 4.42 Å². The Hall–Kier alpha value is -6.30. The van der Waals surface area contributed by atoms with Gasteiger partial charge in [-0.25, -0.2) is 0 Å². The van der Waals surface area contributed by atoms with Gasteiger partial charge in [-0.2, -0.15) is 10.5 Å². The van der Waals surface area contributed by atoms with Crippen LogP contribution in [0.5, 0.6) is 0 Å². The summed E-state index contributed by atoms with van der Waals surface area (Å²) in [5.41, 5.74) is 8.10. The lowest BCUT2D eigenvalue weighted by atomic mass is 10.1. The van der Waals surface area contributed by atoms with Crippen molar-refractivity contribution in [3.63, 3.8) is 0 Å². The van der Waals surface area contributed by atoms with Gasteiger partial charge in [0.1, 0.15) is 23.3 Å². The van der Waals surface area contributed by atoms with Gasteiger partial charge in [0, 0.05) is 32.6 Å². The quantitative estimate of drug-likeness (QED) is 0.216. The standard InChI is InChI=1S/C38H20N4O/c39-21-23-8-7-9-24(22-40)37(23)42-33-18-16-25(41-31-13-4-1-10-26(31)27-11-2-5-14-32(27)41)20-30(33)36-34(42)19-17-29-28-12-3-6-15-35(28)43-38(29)36/h1-20H. The molecule has 43 heavy (non-hydrogen) atoms. The van der Waals surface area contributed by atoms with E-state index in [9.17, 15) is 10.5 Å². The van der Waals surface area contributed by atoms with Gasteiger partial charge in [-0.05, 0) is 60.7 Å². The maximum absolute atomic E-state index is 10.1. The minimum absolute atomic E-state index is 0.439. The Balaban J connectivity index is 1.48. The number of hydrogen-bond donors (Lipinski definition) is 0. The molecule has 9 aromatic rings. The monoisotopic (exact) mass is 548 g/mol. The van der Waals surface area contributed by atoms with Crippen LogP contribution >= 0.6 is 0 Å².